The van der Waals surface area contributed by atoms with Gasteiger partial charge in [-0.1, -0.05) is 42.3 Å². The van der Waals surface area contributed by atoms with Crippen LogP contribution in [-0.4, -0.2) is 18.0 Å². The van der Waals surface area contributed by atoms with Gasteiger partial charge in [-0.25, -0.2) is 18.5 Å². The van der Waals surface area contributed by atoms with E-state index >= 15 is 0 Å². The molecule has 0 aliphatic rings. The first-order chi connectivity index (χ1) is 9.82. The second kappa shape index (κ2) is 6.36. The second-order valence-electron chi connectivity index (χ2n) is 4.63. The Hall–Kier alpha value is -1.08. The van der Waals surface area contributed by atoms with E-state index in [4.69, 9.17) is 28.3 Å². The Morgan fingerprint density at radius 1 is 1.33 bits per heavy atom. The van der Waals surface area contributed by atoms with Gasteiger partial charge in [-0.05, 0) is 18.1 Å². The third kappa shape index (κ3) is 3.77. The molecule has 0 saturated carbocycles. The average molecular weight is 348 g/mol. The monoisotopic (exact) mass is 347 g/mol. The van der Waals surface area contributed by atoms with Crippen molar-refractivity contribution < 1.29 is 8.42 Å². The van der Waals surface area contributed by atoms with Gasteiger partial charge in [-0.15, -0.1) is 0 Å². The molecule has 0 fully saturated rings. The zero-order valence-corrected chi connectivity index (χ0v) is 13.7. The van der Waals surface area contributed by atoms with Crippen molar-refractivity contribution in [2.24, 2.45) is 5.14 Å². The lowest BCUT2D eigenvalue weighted by atomic mass is 10.2. The van der Waals surface area contributed by atoms with Crippen molar-refractivity contribution in [3.8, 4) is 0 Å². The summed E-state index contributed by atoms with van der Waals surface area (Å²) in [4.78, 5) is 4.09. The number of nitrogens with zero attached hydrogens (tertiary/aromatic N) is 2. The topological polar surface area (TPSA) is 78.0 Å². The lowest BCUT2D eigenvalue weighted by Crippen LogP contribution is -2.12. The zero-order chi connectivity index (χ0) is 15.6. The molecule has 0 aliphatic heterocycles. The lowest BCUT2D eigenvalue weighted by Gasteiger charge is -2.09. The SMILES string of the molecule is CCCc1nc(S(N)(=O)=O)cn1Cc1cccc(Cl)c1Cl. The number of nitrogens with two attached hydrogens (primary N) is 1. The predicted molar refractivity (Wildman–Crippen MR) is 83.2 cm³/mol. The Bertz CT molecular complexity index is 757. The summed E-state index contributed by atoms with van der Waals surface area (Å²) in [5.41, 5.74) is 0.792. The molecule has 0 unspecified atom stereocenters. The van der Waals surface area contributed by atoms with Crippen molar-refractivity contribution in [1.82, 2.24) is 9.55 Å². The average Bonchev–Trinajstić information content (AvgIpc) is 2.79. The van der Waals surface area contributed by atoms with Crippen molar-refractivity contribution in [2.45, 2.75) is 31.3 Å². The molecule has 8 heteroatoms. The van der Waals surface area contributed by atoms with Gasteiger partial charge in [-0.2, -0.15) is 0 Å². The van der Waals surface area contributed by atoms with Gasteiger partial charge < -0.3 is 4.57 Å². The molecular formula is C13H15Cl2N3O2S. The first kappa shape index (κ1) is 16.3. The van der Waals surface area contributed by atoms with Gasteiger partial charge in [-0.3, -0.25) is 0 Å². The first-order valence-corrected chi connectivity index (χ1v) is 8.65. The molecule has 5 nitrogen and oxygen atoms in total. The number of halogens is 2. The smallest absolute Gasteiger partial charge is 0.257 e. The molecule has 21 heavy (non-hydrogen) atoms. The van der Waals surface area contributed by atoms with E-state index in [0.29, 0.717) is 28.8 Å². The van der Waals surface area contributed by atoms with Gasteiger partial charge in [0.25, 0.3) is 10.0 Å². The van der Waals surface area contributed by atoms with E-state index < -0.39 is 10.0 Å². The molecule has 2 rings (SSSR count). The van der Waals surface area contributed by atoms with Crippen LogP contribution in [0.25, 0.3) is 0 Å². The van der Waals surface area contributed by atoms with Crippen LogP contribution < -0.4 is 5.14 Å². The lowest BCUT2D eigenvalue weighted by molar-refractivity contribution is 0.594. The normalized spacial score (nSPS) is 11.8. The minimum absolute atomic E-state index is 0.135. The van der Waals surface area contributed by atoms with Crippen LogP contribution in [0.1, 0.15) is 24.7 Å². The Kier molecular flexibility index (Phi) is 4.93. The Labute approximate surface area is 133 Å². The van der Waals surface area contributed by atoms with Gasteiger partial charge >= 0.3 is 0 Å². The van der Waals surface area contributed by atoms with E-state index in [1.54, 1.807) is 16.7 Å². The van der Waals surface area contributed by atoms with Crippen LogP contribution in [-0.2, 0) is 23.0 Å². The number of hydrogen-bond acceptors (Lipinski definition) is 3. The highest BCUT2D eigenvalue weighted by Gasteiger charge is 2.17. The summed E-state index contributed by atoms with van der Waals surface area (Å²) in [6.45, 7) is 2.37. The molecule has 0 radical (unpaired) electrons. The van der Waals surface area contributed by atoms with Crippen LogP contribution in [0.15, 0.2) is 29.4 Å². The first-order valence-electron chi connectivity index (χ1n) is 6.34. The van der Waals surface area contributed by atoms with Gasteiger partial charge in [0.15, 0.2) is 5.03 Å². The summed E-state index contributed by atoms with van der Waals surface area (Å²) in [6.07, 6.45) is 2.91. The van der Waals surface area contributed by atoms with Crippen molar-refractivity contribution in [3.05, 3.63) is 45.8 Å². The largest absolute Gasteiger partial charge is 0.329 e. The summed E-state index contributed by atoms with van der Waals surface area (Å²) < 4.78 is 24.6. The van der Waals surface area contributed by atoms with Crippen LogP contribution >= 0.6 is 23.2 Å². The Balaban J connectivity index is 2.43. The van der Waals surface area contributed by atoms with E-state index in [2.05, 4.69) is 4.98 Å². The molecule has 0 bridgehead atoms. The van der Waals surface area contributed by atoms with Gasteiger partial charge in [0, 0.05) is 12.6 Å². The number of aryl methyl sites for hydroxylation is 1. The molecule has 0 saturated heterocycles. The summed E-state index contributed by atoms with van der Waals surface area (Å²) in [5, 5.41) is 5.90. The quantitative estimate of drug-likeness (QED) is 0.902. The van der Waals surface area contributed by atoms with Gasteiger partial charge in [0.05, 0.1) is 16.6 Å². The highest BCUT2D eigenvalue weighted by Crippen LogP contribution is 2.26. The van der Waals surface area contributed by atoms with Gasteiger partial charge in [0.2, 0.25) is 0 Å². The number of imidazole rings is 1. The van der Waals surface area contributed by atoms with Gasteiger partial charge in [0.1, 0.15) is 5.82 Å². The van der Waals surface area contributed by atoms with E-state index in [0.717, 1.165) is 12.0 Å². The number of aromatic nitrogens is 2. The minimum atomic E-state index is -3.82. The molecule has 0 aliphatic carbocycles. The van der Waals surface area contributed by atoms with Crippen LogP contribution in [0.5, 0.6) is 0 Å². The van der Waals surface area contributed by atoms with E-state index in [1.807, 2.05) is 13.0 Å². The number of rotatable bonds is 5. The van der Waals surface area contributed by atoms with Crippen molar-refractivity contribution in [2.75, 3.05) is 0 Å². The number of hydrogen-bond donors (Lipinski definition) is 1. The van der Waals surface area contributed by atoms with E-state index in [1.165, 1.54) is 6.20 Å². The molecule has 0 amide bonds. The molecule has 114 valence electrons. The zero-order valence-electron chi connectivity index (χ0n) is 11.4. The van der Waals surface area contributed by atoms with E-state index in [-0.39, 0.29) is 5.03 Å². The third-order valence-corrected chi connectivity index (χ3v) is 4.61. The van der Waals surface area contributed by atoms with Crippen molar-refractivity contribution in [1.29, 1.82) is 0 Å². The number of primary sulfonamides is 1. The molecule has 1 aromatic carbocycles. The molecule has 1 aromatic heterocycles. The molecule has 1 heterocycles. The third-order valence-electron chi connectivity index (χ3n) is 2.97. The van der Waals surface area contributed by atoms with Crippen molar-refractivity contribution in [3.63, 3.8) is 0 Å². The summed E-state index contributed by atoms with van der Waals surface area (Å²) >= 11 is 12.1. The molecular weight excluding hydrogens is 333 g/mol. The van der Waals surface area contributed by atoms with Crippen LogP contribution in [0.3, 0.4) is 0 Å². The fourth-order valence-corrected chi connectivity index (χ4v) is 2.87. The summed E-state index contributed by atoms with van der Waals surface area (Å²) in [7, 11) is -3.82. The maximum Gasteiger partial charge on any atom is 0.257 e. The Morgan fingerprint density at radius 3 is 2.67 bits per heavy atom. The predicted octanol–water partition coefficient (Wildman–Crippen LogP) is 2.84. The highest BCUT2D eigenvalue weighted by molar-refractivity contribution is 7.89. The van der Waals surface area contributed by atoms with Crippen molar-refractivity contribution >= 4 is 33.2 Å². The summed E-state index contributed by atoms with van der Waals surface area (Å²) in [5.74, 6) is 0.651. The second-order valence-corrected chi connectivity index (χ2v) is 6.92. The number of sulfonamides is 1. The van der Waals surface area contributed by atoms with Crippen LogP contribution in [0.4, 0.5) is 0 Å². The molecule has 0 atom stereocenters. The summed E-state index contributed by atoms with van der Waals surface area (Å²) in [6, 6.07) is 5.32. The van der Waals surface area contributed by atoms with Crippen LogP contribution in [0, 0.1) is 0 Å². The maximum atomic E-state index is 11.4. The fraction of sp³-hybridized carbons (Fsp3) is 0.308. The standard InChI is InChI=1S/C13H15Cl2N3O2S/c1-2-4-11-17-12(21(16,19)20)8-18(11)7-9-5-3-6-10(14)13(9)15/h3,5-6,8H,2,4,7H2,1H3,(H2,16,19,20). The molecule has 2 aromatic rings. The molecule has 2 N–H and O–H groups in total. The minimum Gasteiger partial charge on any atom is -0.329 e. The highest BCUT2D eigenvalue weighted by atomic mass is 35.5. The van der Waals surface area contributed by atoms with E-state index in [9.17, 15) is 8.42 Å². The maximum absolute atomic E-state index is 11.4. The van der Waals surface area contributed by atoms with Crippen LogP contribution in [0.2, 0.25) is 10.0 Å². The Morgan fingerprint density at radius 2 is 2.05 bits per heavy atom. The fourth-order valence-electron chi connectivity index (χ4n) is 1.98. The molecule has 0 spiro atoms. The number of benzene rings is 1.